The van der Waals surface area contributed by atoms with Crippen LogP contribution < -0.4 is 0 Å². The summed E-state index contributed by atoms with van der Waals surface area (Å²) < 4.78 is 5.27. The van der Waals surface area contributed by atoms with E-state index in [0.29, 0.717) is 31.9 Å². The van der Waals surface area contributed by atoms with E-state index in [9.17, 15) is 9.59 Å². The summed E-state index contributed by atoms with van der Waals surface area (Å²) in [7, 11) is 0. The van der Waals surface area contributed by atoms with Gasteiger partial charge in [-0.1, -0.05) is 48.5 Å². The second-order valence-corrected chi connectivity index (χ2v) is 8.15. The summed E-state index contributed by atoms with van der Waals surface area (Å²) in [6, 6.07) is 20.8. The number of nitrogens with zero attached hydrogens (tertiary/aromatic N) is 2. The normalized spacial score (nSPS) is 15.7. The van der Waals surface area contributed by atoms with Gasteiger partial charge in [0.05, 0.1) is 12.3 Å². The minimum absolute atomic E-state index is 0.0805. The molecular formula is C26H25N3O3. The molecule has 0 radical (unpaired) electrons. The first-order valence-electron chi connectivity index (χ1n) is 10.9. The van der Waals surface area contributed by atoms with Crippen LogP contribution in [0.15, 0.2) is 77.4 Å². The van der Waals surface area contributed by atoms with Crippen LogP contribution in [0.1, 0.15) is 38.2 Å². The fourth-order valence-electron chi connectivity index (χ4n) is 4.63. The Kier molecular flexibility index (Phi) is 5.37. The summed E-state index contributed by atoms with van der Waals surface area (Å²) in [6.45, 7) is 4.26. The number of rotatable bonds is 5. The van der Waals surface area contributed by atoms with Crippen LogP contribution in [0.2, 0.25) is 0 Å². The average Bonchev–Trinajstić information content (AvgIpc) is 3.47. The predicted octanol–water partition coefficient (Wildman–Crippen LogP) is 4.45. The lowest BCUT2D eigenvalue weighted by molar-refractivity contribution is 0.0510. The smallest absolute Gasteiger partial charge is 0.289 e. The number of aromatic amines is 1. The van der Waals surface area contributed by atoms with Gasteiger partial charge in [-0.3, -0.25) is 14.5 Å². The molecule has 1 fully saturated rings. The van der Waals surface area contributed by atoms with Gasteiger partial charge in [0.2, 0.25) is 0 Å². The lowest BCUT2D eigenvalue weighted by Gasteiger charge is -2.38. The number of amides is 1. The monoisotopic (exact) mass is 427 g/mol. The molecule has 6 nitrogen and oxygen atoms in total. The van der Waals surface area contributed by atoms with E-state index in [1.165, 1.54) is 6.26 Å². The molecule has 0 bridgehead atoms. The first kappa shape index (κ1) is 20.3. The van der Waals surface area contributed by atoms with Gasteiger partial charge in [0, 0.05) is 48.3 Å². The summed E-state index contributed by atoms with van der Waals surface area (Å²) in [5.41, 5.74) is 3.55. The fourth-order valence-corrected chi connectivity index (χ4v) is 4.63. The van der Waals surface area contributed by atoms with E-state index >= 15 is 0 Å². The molecule has 0 saturated carbocycles. The Balaban J connectivity index is 1.44. The number of Topliss-reactive ketones (excluding diaryl/α,β-unsaturated/α-hetero) is 1. The lowest BCUT2D eigenvalue weighted by atomic mass is 9.93. The molecule has 5 rings (SSSR count). The van der Waals surface area contributed by atoms with Crippen molar-refractivity contribution in [3.63, 3.8) is 0 Å². The van der Waals surface area contributed by atoms with Gasteiger partial charge in [-0.05, 0) is 30.7 Å². The van der Waals surface area contributed by atoms with Gasteiger partial charge >= 0.3 is 0 Å². The number of H-pyrrole nitrogens is 1. The molecule has 1 saturated heterocycles. The Morgan fingerprint density at radius 3 is 2.34 bits per heavy atom. The number of nitrogens with one attached hydrogen (secondary N) is 1. The van der Waals surface area contributed by atoms with Crippen molar-refractivity contribution in [2.45, 2.75) is 13.0 Å². The number of ketones is 1. The summed E-state index contributed by atoms with van der Waals surface area (Å²) in [4.78, 5) is 34.0. The second kappa shape index (κ2) is 8.48. The zero-order valence-electron chi connectivity index (χ0n) is 18.0. The zero-order valence-corrected chi connectivity index (χ0v) is 18.0. The third kappa shape index (κ3) is 3.63. The van der Waals surface area contributed by atoms with Crippen molar-refractivity contribution in [1.82, 2.24) is 14.8 Å². The number of piperazine rings is 1. The molecule has 3 heterocycles. The molecule has 1 aliphatic heterocycles. The minimum atomic E-state index is -0.407. The molecule has 32 heavy (non-hydrogen) atoms. The van der Waals surface area contributed by atoms with Crippen molar-refractivity contribution in [1.29, 1.82) is 0 Å². The standard InChI is InChI=1S/C26H25N3O3/c1-18-23(20-10-5-6-11-21(20)27-18)25(30)24(19-8-3-2-4-9-19)28-13-15-29(16-14-28)26(31)22-12-7-17-32-22/h2-12,17,24,27H,13-16H2,1H3. The van der Waals surface area contributed by atoms with Crippen LogP contribution in [0.3, 0.4) is 0 Å². The molecule has 1 amide bonds. The first-order chi connectivity index (χ1) is 15.6. The van der Waals surface area contributed by atoms with Crippen LogP contribution in [0, 0.1) is 6.92 Å². The number of furan rings is 1. The van der Waals surface area contributed by atoms with Crippen LogP contribution in [-0.2, 0) is 0 Å². The van der Waals surface area contributed by atoms with Crippen LogP contribution in [0.5, 0.6) is 0 Å². The van der Waals surface area contributed by atoms with Gasteiger partial charge in [-0.15, -0.1) is 0 Å². The SMILES string of the molecule is Cc1[nH]c2ccccc2c1C(=O)C(c1ccccc1)N1CCN(C(=O)c2ccco2)CC1. The van der Waals surface area contributed by atoms with Crippen molar-refractivity contribution < 1.29 is 14.0 Å². The highest BCUT2D eigenvalue weighted by molar-refractivity contribution is 6.11. The Bertz CT molecular complexity index is 1240. The maximum atomic E-state index is 14.0. The van der Waals surface area contributed by atoms with E-state index in [1.807, 2.05) is 61.5 Å². The van der Waals surface area contributed by atoms with E-state index < -0.39 is 6.04 Å². The number of aromatic nitrogens is 1. The number of fused-ring (bicyclic) bond motifs is 1. The fraction of sp³-hybridized carbons (Fsp3) is 0.231. The van der Waals surface area contributed by atoms with E-state index in [1.54, 1.807) is 17.0 Å². The zero-order chi connectivity index (χ0) is 22.1. The summed E-state index contributed by atoms with van der Waals surface area (Å²) in [5, 5.41) is 0.947. The highest BCUT2D eigenvalue weighted by atomic mass is 16.3. The van der Waals surface area contributed by atoms with E-state index in [0.717, 1.165) is 27.7 Å². The van der Waals surface area contributed by atoms with Crippen molar-refractivity contribution >= 4 is 22.6 Å². The highest BCUT2D eigenvalue weighted by Gasteiger charge is 2.34. The Labute approximate surface area is 186 Å². The molecular weight excluding hydrogens is 402 g/mol. The molecule has 6 heteroatoms. The summed E-state index contributed by atoms with van der Waals surface area (Å²) in [5.74, 6) is 0.324. The van der Waals surface area contributed by atoms with Gasteiger partial charge in [-0.25, -0.2) is 0 Å². The van der Waals surface area contributed by atoms with Crippen molar-refractivity contribution in [2.75, 3.05) is 26.2 Å². The molecule has 0 spiro atoms. The van der Waals surface area contributed by atoms with Crippen LogP contribution >= 0.6 is 0 Å². The van der Waals surface area contributed by atoms with Crippen LogP contribution in [-0.4, -0.2) is 52.7 Å². The van der Waals surface area contributed by atoms with E-state index in [2.05, 4.69) is 9.88 Å². The second-order valence-electron chi connectivity index (χ2n) is 8.15. The number of carbonyl (C=O) groups is 2. The molecule has 2 aromatic heterocycles. The van der Waals surface area contributed by atoms with Gasteiger partial charge in [0.15, 0.2) is 11.5 Å². The van der Waals surface area contributed by atoms with Gasteiger partial charge in [0.1, 0.15) is 0 Å². The van der Waals surface area contributed by atoms with E-state index in [4.69, 9.17) is 4.42 Å². The third-order valence-electron chi connectivity index (χ3n) is 6.20. The topological polar surface area (TPSA) is 69.6 Å². The summed E-state index contributed by atoms with van der Waals surface area (Å²) >= 11 is 0. The minimum Gasteiger partial charge on any atom is -0.459 e. The molecule has 1 aliphatic rings. The molecule has 4 aromatic rings. The maximum Gasteiger partial charge on any atom is 0.289 e. The Morgan fingerprint density at radius 2 is 1.62 bits per heavy atom. The number of carbonyl (C=O) groups excluding carboxylic acids is 2. The number of hydrogen-bond donors (Lipinski definition) is 1. The Morgan fingerprint density at radius 1 is 0.906 bits per heavy atom. The van der Waals surface area contributed by atoms with Crippen LogP contribution in [0.25, 0.3) is 10.9 Å². The van der Waals surface area contributed by atoms with Crippen LogP contribution in [0.4, 0.5) is 0 Å². The predicted molar refractivity (Wildman–Crippen MR) is 123 cm³/mol. The number of para-hydroxylation sites is 1. The van der Waals surface area contributed by atoms with Crippen molar-refractivity contribution in [3.05, 3.63) is 95.6 Å². The van der Waals surface area contributed by atoms with Gasteiger partial charge in [0.25, 0.3) is 5.91 Å². The first-order valence-corrected chi connectivity index (χ1v) is 10.9. The highest BCUT2D eigenvalue weighted by Crippen LogP contribution is 2.31. The number of aryl methyl sites for hydroxylation is 1. The Hall–Kier alpha value is -3.64. The summed E-state index contributed by atoms with van der Waals surface area (Å²) in [6.07, 6.45) is 1.51. The van der Waals surface area contributed by atoms with Gasteiger partial charge in [-0.2, -0.15) is 0 Å². The average molecular weight is 428 g/mol. The molecule has 1 unspecified atom stereocenters. The third-order valence-corrected chi connectivity index (χ3v) is 6.20. The quantitative estimate of drug-likeness (QED) is 0.478. The molecule has 162 valence electrons. The van der Waals surface area contributed by atoms with Gasteiger partial charge < -0.3 is 14.3 Å². The maximum absolute atomic E-state index is 14.0. The molecule has 1 atom stereocenters. The largest absolute Gasteiger partial charge is 0.459 e. The number of benzene rings is 2. The van der Waals surface area contributed by atoms with Crippen molar-refractivity contribution in [2.24, 2.45) is 0 Å². The molecule has 1 N–H and O–H groups in total. The molecule has 0 aliphatic carbocycles. The number of hydrogen-bond acceptors (Lipinski definition) is 4. The molecule has 2 aromatic carbocycles. The van der Waals surface area contributed by atoms with Crippen molar-refractivity contribution in [3.8, 4) is 0 Å². The van der Waals surface area contributed by atoms with E-state index in [-0.39, 0.29) is 11.7 Å². The lowest BCUT2D eigenvalue weighted by Crippen LogP contribution is -2.51.